The van der Waals surface area contributed by atoms with Crippen LogP contribution in [0.4, 0.5) is 0 Å². The fourth-order valence-electron chi connectivity index (χ4n) is 4.99. The van der Waals surface area contributed by atoms with Crippen molar-refractivity contribution < 1.29 is 19.4 Å². The second kappa shape index (κ2) is 11.3. The molecule has 2 saturated heterocycles. The van der Waals surface area contributed by atoms with Crippen LogP contribution in [0.5, 0.6) is 5.75 Å². The van der Waals surface area contributed by atoms with Crippen molar-refractivity contribution in [3.05, 3.63) is 46.5 Å². The number of aryl methyl sites for hydroxylation is 3. The van der Waals surface area contributed by atoms with E-state index < -0.39 is 5.60 Å². The van der Waals surface area contributed by atoms with Crippen LogP contribution in [0.1, 0.15) is 43.1 Å². The number of hydrogen-bond donors (Lipinski definition) is 1. The van der Waals surface area contributed by atoms with Crippen LogP contribution < -0.4 is 4.74 Å². The van der Waals surface area contributed by atoms with E-state index >= 15 is 0 Å². The van der Waals surface area contributed by atoms with E-state index in [2.05, 4.69) is 21.4 Å². The molecule has 1 atom stereocenters. The van der Waals surface area contributed by atoms with Crippen molar-refractivity contribution in [2.75, 3.05) is 39.4 Å². The van der Waals surface area contributed by atoms with Gasteiger partial charge in [0.25, 0.3) is 0 Å². The van der Waals surface area contributed by atoms with Gasteiger partial charge in [-0.15, -0.1) is 0 Å². The number of aliphatic hydroxyl groups is 1. The largest absolute Gasteiger partial charge is 0.490 e. The number of benzene rings is 1. The van der Waals surface area contributed by atoms with Crippen LogP contribution in [-0.4, -0.2) is 81.5 Å². The molecule has 35 heavy (non-hydrogen) atoms. The molecule has 1 aromatic carbocycles. The highest BCUT2D eigenvalue weighted by Gasteiger charge is 2.41. The van der Waals surface area contributed by atoms with Crippen LogP contribution in [0.25, 0.3) is 0 Å². The quantitative estimate of drug-likeness (QED) is 0.594. The Labute approximate surface area is 212 Å². The van der Waals surface area contributed by atoms with Crippen LogP contribution in [-0.2, 0) is 22.6 Å². The molecule has 0 spiro atoms. The lowest BCUT2D eigenvalue weighted by Crippen LogP contribution is -2.57. The average Bonchev–Trinajstić information content (AvgIpc) is 3.28. The summed E-state index contributed by atoms with van der Waals surface area (Å²) in [7, 11) is 0. The maximum Gasteiger partial charge on any atom is 0.225 e. The molecular weight excluding hydrogens is 468 g/mol. The fourth-order valence-corrected chi connectivity index (χ4v) is 5.10. The van der Waals surface area contributed by atoms with Crippen molar-refractivity contribution in [2.24, 2.45) is 0 Å². The van der Waals surface area contributed by atoms with Crippen LogP contribution in [0.15, 0.2) is 24.5 Å². The maximum absolute atomic E-state index is 13.3. The van der Waals surface area contributed by atoms with Crippen molar-refractivity contribution >= 4 is 17.5 Å². The number of carbonyl (C=O) groups is 1. The molecule has 4 rings (SSSR count). The third kappa shape index (κ3) is 6.36. The monoisotopic (exact) mass is 504 g/mol. The molecule has 1 amide bonds. The summed E-state index contributed by atoms with van der Waals surface area (Å²) in [6, 6.07) is 3.85. The summed E-state index contributed by atoms with van der Waals surface area (Å²) < 4.78 is 14.7. The minimum Gasteiger partial charge on any atom is -0.490 e. The predicted molar refractivity (Wildman–Crippen MR) is 135 cm³/mol. The third-order valence-corrected chi connectivity index (χ3v) is 7.63. The molecule has 0 radical (unpaired) electrons. The molecule has 0 unspecified atom stereocenters. The molecule has 192 valence electrons. The first-order valence-corrected chi connectivity index (χ1v) is 12.9. The van der Waals surface area contributed by atoms with Gasteiger partial charge in [-0.05, 0) is 56.9 Å². The van der Waals surface area contributed by atoms with E-state index in [1.807, 2.05) is 43.3 Å². The number of aromatic nitrogens is 2. The number of morpholine rings is 1. The minimum absolute atomic E-state index is 0.0425. The number of imidazole rings is 1. The lowest BCUT2D eigenvalue weighted by Gasteiger charge is -2.43. The number of nitrogens with zero attached hydrogens (tertiary/aromatic N) is 4. The topological polar surface area (TPSA) is 80.1 Å². The zero-order chi connectivity index (χ0) is 25.0. The Morgan fingerprint density at radius 2 is 1.97 bits per heavy atom. The molecule has 9 heteroatoms. The third-order valence-electron chi connectivity index (χ3n) is 7.04. The van der Waals surface area contributed by atoms with E-state index in [1.165, 1.54) is 0 Å². The van der Waals surface area contributed by atoms with Crippen molar-refractivity contribution in [3.63, 3.8) is 0 Å². The summed E-state index contributed by atoms with van der Waals surface area (Å²) in [6.07, 6.45) is 4.96. The van der Waals surface area contributed by atoms with E-state index in [0.717, 1.165) is 40.8 Å². The summed E-state index contributed by atoms with van der Waals surface area (Å²) in [5, 5.41) is 10.6. The normalized spacial score (nSPS) is 21.9. The van der Waals surface area contributed by atoms with Gasteiger partial charge in [-0.1, -0.05) is 11.6 Å². The Balaban J connectivity index is 1.51. The zero-order valence-corrected chi connectivity index (χ0v) is 21.8. The summed E-state index contributed by atoms with van der Waals surface area (Å²) in [4.78, 5) is 22.0. The Morgan fingerprint density at radius 1 is 1.26 bits per heavy atom. The summed E-state index contributed by atoms with van der Waals surface area (Å²) in [5.74, 6) is 1.77. The number of halogens is 1. The Bertz CT molecular complexity index is 998. The Morgan fingerprint density at radius 3 is 2.66 bits per heavy atom. The molecule has 1 N–H and O–H groups in total. The van der Waals surface area contributed by atoms with Crippen LogP contribution >= 0.6 is 11.6 Å². The van der Waals surface area contributed by atoms with E-state index in [-0.39, 0.29) is 25.0 Å². The Kier molecular flexibility index (Phi) is 8.37. The molecule has 2 aliphatic rings. The number of ether oxygens (including phenoxy) is 2. The summed E-state index contributed by atoms with van der Waals surface area (Å²) in [5.41, 5.74) is 1.13. The number of amides is 1. The predicted octanol–water partition coefficient (Wildman–Crippen LogP) is 3.20. The van der Waals surface area contributed by atoms with Crippen molar-refractivity contribution in [3.8, 4) is 5.75 Å². The van der Waals surface area contributed by atoms with E-state index in [9.17, 15) is 9.90 Å². The highest BCUT2D eigenvalue weighted by atomic mass is 35.5. The highest BCUT2D eigenvalue weighted by Crippen LogP contribution is 2.30. The lowest BCUT2D eigenvalue weighted by molar-refractivity contribution is -0.158. The van der Waals surface area contributed by atoms with Gasteiger partial charge in [-0.2, -0.15) is 0 Å². The highest BCUT2D eigenvalue weighted by molar-refractivity contribution is 6.32. The van der Waals surface area contributed by atoms with Crippen molar-refractivity contribution in [2.45, 2.75) is 64.8 Å². The van der Waals surface area contributed by atoms with Gasteiger partial charge in [0, 0.05) is 50.1 Å². The zero-order valence-electron chi connectivity index (χ0n) is 21.0. The maximum atomic E-state index is 13.3. The fraction of sp³-hybridized carbons (Fsp3) is 0.615. The first-order chi connectivity index (χ1) is 16.8. The minimum atomic E-state index is -0.781. The molecular formula is C26H37ClN4O4. The summed E-state index contributed by atoms with van der Waals surface area (Å²) in [6.45, 7) is 10.8. The summed E-state index contributed by atoms with van der Waals surface area (Å²) >= 11 is 6.34. The van der Waals surface area contributed by atoms with Gasteiger partial charge >= 0.3 is 0 Å². The van der Waals surface area contributed by atoms with Gasteiger partial charge in [-0.25, -0.2) is 4.98 Å². The molecule has 1 aromatic heterocycles. The van der Waals surface area contributed by atoms with Crippen LogP contribution in [0.3, 0.4) is 0 Å². The van der Waals surface area contributed by atoms with Gasteiger partial charge < -0.3 is 24.0 Å². The lowest BCUT2D eigenvalue weighted by atomic mass is 9.96. The van der Waals surface area contributed by atoms with Gasteiger partial charge in [0.1, 0.15) is 23.8 Å². The van der Waals surface area contributed by atoms with Gasteiger partial charge in [0.05, 0.1) is 25.7 Å². The van der Waals surface area contributed by atoms with Gasteiger partial charge in [0.2, 0.25) is 5.91 Å². The Hall–Kier alpha value is -2.13. The number of hydrogen-bond acceptors (Lipinski definition) is 6. The van der Waals surface area contributed by atoms with Crippen molar-refractivity contribution in [1.82, 2.24) is 19.4 Å². The first kappa shape index (κ1) is 25.9. The van der Waals surface area contributed by atoms with E-state index in [4.69, 9.17) is 21.1 Å². The molecule has 0 aliphatic carbocycles. The van der Waals surface area contributed by atoms with E-state index in [0.29, 0.717) is 45.6 Å². The molecule has 0 saturated carbocycles. The second-order valence-corrected chi connectivity index (χ2v) is 10.2. The average molecular weight is 505 g/mol. The first-order valence-electron chi connectivity index (χ1n) is 12.5. The molecule has 2 fully saturated rings. The molecule has 3 heterocycles. The van der Waals surface area contributed by atoms with Gasteiger partial charge in [-0.3, -0.25) is 9.69 Å². The molecule has 2 aliphatic heterocycles. The van der Waals surface area contributed by atoms with E-state index in [1.54, 1.807) is 0 Å². The molecule has 8 nitrogen and oxygen atoms in total. The number of likely N-dealkylation sites (tertiary alicyclic amines) is 1. The SMILES string of the molecule is CCn1ccnc1CN1CCO[C@](COc2cc(C)c(Cl)c(C)c2)(CC(=O)N2CCC(O)CC2)C1. The van der Waals surface area contributed by atoms with Gasteiger partial charge in [0.15, 0.2) is 0 Å². The number of aliphatic hydroxyl groups excluding tert-OH is 1. The number of rotatable bonds is 8. The van der Waals surface area contributed by atoms with Crippen molar-refractivity contribution in [1.29, 1.82) is 0 Å². The standard InChI is InChI=1S/C26H37ClN4O4/c1-4-30-10-7-28-23(30)16-29-11-12-35-26(17-29,15-24(33)31-8-5-21(32)6-9-31)18-34-22-13-19(2)25(27)20(3)14-22/h7,10,13-14,21,32H,4-6,8-9,11-12,15-18H2,1-3H3/t26-/m1/s1. The second-order valence-electron chi connectivity index (χ2n) is 9.82. The van der Waals surface area contributed by atoms with Crippen LogP contribution in [0, 0.1) is 13.8 Å². The number of carbonyl (C=O) groups excluding carboxylic acids is 1. The number of piperidine rings is 1. The molecule has 2 aromatic rings. The smallest absolute Gasteiger partial charge is 0.225 e. The van der Waals surface area contributed by atoms with Crippen LogP contribution in [0.2, 0.25) is 5.02 Å². The molecule has 0 bridgehead atoms.